The Morgan fingerprint density at radius 2 is 1.77 bits per heavy atom. The molecule has 0 bridgehead atoms. The first-order chi connectivity index (χ1) is 10.8. The highest BCUT2D eigenvalue weighted by atomic mass is 79.9. The Morgan fingerprint density at radius 1 is 1.00 bits per heavy atom. The van der Waals surface area contributed by atoms with Crippen LogP contribution in [0.2, 0.25) is 0 Å². The van der Waals surface area contributed by atoms with Gasteiger partial charge in [0, 0.05) is 24.2 Å². The van der Waals surface area contributed by atoms with Crippen molar-refractivity contribution in [1.82, 2.24) is 15.0 Å². The fourth-order valence-corrected chi connectivity index (χ4v) is 2.08. The molecule has 0 spiro atoms. The normalized spacial score (nSPS) is 10.3. The number of hydrogen-bond acceptors (Lipinski definition) is 5. The summed E-state index contributed by atoms with van der Waals surface area (Å²) in [5.74, 6) is 2.43. The molecule has 0 saturated carbocycles. The fourth-order valence-electron chi connectivity index (χ4n) is 1.81. The van der Waals surface area contributed by atoms with E-state index in [4.69, 9.17) is 9.47 Å². The molecule has 0 aliphatic carbocycles. The van der Waals surface area contributed by atoms with Crippen molar-refractivity contribution in [3.05, 3.63) is 59.5 Å². The molecule has 1 aromatic carbocycles. The predicted molar refractivity (Wildman–Crippen MR) is 86.0 cm³/mol. The van der Waals surface area contributed by atoms with E-state index < -0.39 is 0 Å². The van der Waals surface area contributed by atoms with Gasteiger partial charge in [0.25, 0.3) is 0 Å². The number of halogens is 1. The van der Waals surface area contributed by atoms with Crippen molar-refractivity contribution in [1.29, 1.82) is 0 Å². The minimum atomic E-state index is 0.444. The lowest BCUT2D eigenvalue weighted by Crippen LogP contribution is -1.95. The van der Waals surface area contributed by atoms with Crippen molar-refractivity contribution in [3.8, 4) is 28.8 Å². The van der Waals surface area contributed by atoms with Gasteiger partial charge in [-0.05, 0) is 52.3 Å². The minimum absolute atomic E-state index is 0.444. The van der Waals surface area contributed by atoms with Crippen molar-refractivity contribution in [3.63, 3.8) is 0 Å². The average molecular weight is 358 g/mol. The summed E-state index contributed by atoms with van der Waals surface area (Å²) in [5.41, 5.74) is 0.828. The van der Waals surface area contributed by atoms with E-state index in [1.165, 1.54) is 0 Å². The van der Waals surface area contributed by atoms with E-state index in [0.717, 1.165) is 11.3 Å². The number of hydrogen-bond donors (Lipinski definition) is 0. The standard InChI is InChI=1S/C16H12BrN3O2/c1-21-12-4-6-13(7-5-12)22-16-14(17)10-19-15(20-16)11-3-2-8-18-9-11/h2-10H,1H3. The molecule has 0 saturated heterocycles. The van der Waals surface area contributed by atoms with Gasteiger partial charge in [0.2, 0.25) is 5.88 Å². The molecule has 6 heteroatoms. The first kappa shape index (κ1) is 14.5. The Kier molecular flexibility index (Phi) is 4.29. The molecule has 2 aromatic heterocycles. The highest BCUT2D eigenvalue weighted by molar-refractivity contribution is 9.10. The molecule has 5 nitrogen and oxygen atoms in total. The summed E-state index contributed by atoms with van der Waals surface area (Å²) in [6, 6.07) is 11.0. The zero-order valence-electron chi connectivity index (χ0n) is 11.7. The van der Waals surface area contributed by atoms with Crippen LogP contribution in [-0.4, -0.2) is 22.1 Å². The SMILES string of the molecule is COc1ccc(Oc2nc(-c3cccnc3)ncc2Br)cc1. The van der Waals surface area contributed by atoms with Crippen molar-refractivity contribution in [2.75, 3.05) is 7.11 Å². The first-order valence-electron chi connectivity index (χ1n) is 6.51. The molecule has 2 heterocycles. The van der Waals surface area contributed by atoms with E-state index in [0.29, 0.717) is 21.9 Å². The van der Waals surface area contributed by atoms with Crippen molar-refractivity contribution in [2.24, 2.45) is 0 Å². The van der Waals surface area contributed by atoms with Crippen LogP contribution in [-0.2, 0) is 0 Å². The number of benzene rings is 1. The fraction of sp³-hybridized carbons (Fsp3) is 0.0625. The Balaban J connectivity index is 1.89. The lowest BCUT2D eigenvalue weighted by atomic mass is 10.3. The number of nitrogens with zero attached hydrogens (tertiary/aromatic N) is 3. The molecule has 0 aliphatic heterocycles. The molecule has 110 valence electrons. The van der Waals surface area contributed by atoms with Gasteiger partial charge < -0.3 is 9.47 Å². The van der Waals surface area contributed by atoms with E-state index in [1.54, 1.807) is 25.7 Å². The molecule has 22 heavy (non-hydrogen) atoms. The van der Waals surface area contributed by atoms with Crippen LogP contribution in [0.1, 0.15) is 0 Å². The van der Waals surface area contributed by atoms with Crippen LogP contribution in [0.4, 0.5) is 0 Å². The number of ether oxygens (including phenoxy) is 2. The van der Waals surface area contributed by atoms with Gasteiger partial charge in [-0.2, -0.15) is 4.98 Å². The quantitative estimate of drug-likeness (QED) is 0.703. The second-order valence-corrected chi connectivity index (χ2v) is 5.22. The number of methoxy groups -OCH3 is 1. The molecule has 0 aliphatic rings. The van der Waals surface area contributed by atoms with E-state index >= 15 is 0 Å². The lowest BCUT2D eigenvalue weighted by Gasteiger charge is -2.08. The third kappa shape index (κ3) is 3.23. The van der Waals surface area contributed by atoms with Crippen molar-refractivity contribution < 1.29 is 9.47 Å². The summed E-state index contributed by atoms with van der Waals surface area (Å²) in [6.45, 7) is 0. The number of aromatic nitrogens is 3. The highest BCUT2D eigenvalue weighted by Crippen LogP contribution is 2.29. The van der Waals surface area contributed by atoms with Crippen LogP contribution in [0.5, 0.6) is 17.4 Å². The Labute approximate surface area is 136 Å². The zero-order valence-corrected chi connectivity index (χ0v) is 13.3. The van der Waals surface area contributed by atoms with Gasteiger partial charge in [-0.15, -0.1) is 0 Å². The lowest BCUT2D eigenvalue weighted by molar-refractivity contribution is 0.412. The molecular weight excluding hydrogens is 346 g/mol. The van der Waals surface area contributed by atoms with Gasteiger partial charge in [-0.1, -0.05) is 0 Å². The van der Waals surface area contributed by atoms with Gasteiger partial charge in [-0.25, -0.2) is 4.98 Å². The van der Waals surface area contributed by atoms with Gasteiger partial charge in [0.05, 0.1) is 11.6 Å². The summed E-state index contributed by atoms with van der Waals surface area (Å²) in [6.07, 6.45) is 5.08. The molecule has 0 N–H and O–H groups in total. The summed E-state index contributed by atoms with van der Waals surface area (Å²) in [5, 5.41) is 0. The summed E-state index contributed by atoms with van der Waals surface area (Å²) >= 11 is 3.40. The summed E-state index contributed by atoms with van der Waals surface area (Å²) in [4.78, 5) is 12.8. The van der Waals surface area contributed by atoms with Gasteiger partial charge in [-0.3, -0.25) is 4.98 Å². The zero-order chi connectivity index (χ0) is 15.4. The smallest absolute Gasteiger partial charge is 0.237 e. The second kappa shape index (κ2) is 6.53. The Morgan fingerprint density at radius 3 is 2.45 bits per heavy atom. The highest BCUT2D eigenvalue weighted by Gasteiger charge is 2.09. The van der Waals surface area contributed by atoms with Crippen LogP contribution in [0.3, 0.4) is 0 Å². The second-order valence-electron chi connectivity index (χ2n) is 4.37. The van der Waals surface area contributed by atoms with E-state index in [9.17, 15) is 0 Å². The molecule has 0 unspecified atom stereocenters. The largest absolute Gasteiger partial charge is 0.497 e. The number of rotatable bonds is 4. The van der Waals surface area contributed by atoms with E-state index in [-0.39, 0.29) is 0 Å². The average Bonchev–Trinajstić information content (AvgIpc) is 2.58. The Hall–Kier alpha value is -2.47. The maximum atomic E-state index is 5.80. The molecule has 0 amide bonds. The van der Waals surface area contributed by atoms with Crippen LogP contribution in [0.25, 0.3) is 11.4 Å². The molecule has 0 radical (unpaired) electrons. The third-order valence-electron chi connectivity index (χ3n) is 2.91. The van der Waals surface area contributed by atoms with Crippen LogP contribution < -0.4 is 9.47 Å². The first-order valence-corrected chi connectivity index (χ1v) is 7.30. The van der Waals surface area contributed by atoms with E-state index in [1.807, 2.05) is 36.4 Å². The molecule has 0 fully saturated rings. The van der Waals surface area contributed by atoms with Crippen molar-refractivity contribution >= 4 is 15.9 Å². The van der Waals surface area contributed by atoms with Gasteiger partial charge >= 0.3 is 0 Å². The summed E-state index contributed by atoms with van der Waals surface area (Å²) < 4.78 is 11.6. The van der Waals surface area contributed by atoms with Crippen LogP contribution >= 0.6 is 15.9 Å². The molecule has 3 aromatic rings. The monoisotopic (exact) mass is 357 g/mol. The van der Waals surface area contributed by atoms with Gasteiger partial charge in [0.1, 0.15) is 11.5 Å². The molecular formula is C16H12BrN3O2. The Bertz CT molecular complexity index is 764. The topological polar surface area (TPSA) is 57.1 Å². The minimum Gasteiger partial charge on any atom is -0.497 e. The number of pyridine rings is 1. The van der Waals surface area contributed by atoms with Crippen LogP contribution in [0.15, 0.2) is 59.5 Å². The summed E-state index contributed by atoms with van der Waals surface area (Å²) in [7, 11) is 1.62. The predicted octanol–water partition coefficient (Wildman–Crippen LogP) is 4.10. The molecule has 0 atom stereocenters. The van der Waals surface area contributed by atoms with Gasteiger partial charge in [0.15, 0.2) is 5.82 Å². The molecule has 3 rings (SSSR count). The van der Waals surface area contributed by atoms with E-state index in [2.05, 4.69) is 30.9 Å². The maximum Gasteiger partial charge on any atom is 0.237 e. The van der Waals surface area contributed by atoms with Crippen LogP contribution in [0, 0.1) is 0 Å². The maximum absolute atomic E-state index is 5.80. The van der Waals surface area contributed by atoms with Crippen molar-refractivity contribution in [2.45, 2.75) is 0 Å². The third-order valence-corrected chi connectivity index (χ3v) is 3.45.